The van der Waals surface area contributed by atoms with Gasteiger partial charge in [0, 0.05) is 43.3 Å². The number of carboxylic acids is 1. The summed E-state index contributed by atoms with van der Waals surface area (Å²) in [5.41, 5.74) is 0.0366. The third-order valence-corrected chi connectivity index (χ3v) is 6.85. The molecule has 206 valence electrons. The van der Waals surface area contributed by atoms with Crippen molar-refractivity contribution in [2.45, 2.75) is 70.4 Å². The van der Waals surface area contributed by atoms with Crippen molar-refractivity contribution in [1.82, 2.24) is 30.6 Å². The zero-order valence-corrected chi connectivity index (χ0v) is 22.1. The van der Waals surface area contributed by atoms with Crippen LogP contribution < -0.4 is 10.6 Å². The summed E-state index contributed by atoms with van der Waals surface area (Å²) in [5.74, 6) is -1.49. The number of thiophene rings is 1. The van der Waals surface area contributed by atoms with Gasteiger partial charge in [0.25, 0.3) is 0 Å². The third kappa shape index (κ3) is 8.68. The summed E-state index contributed by atoms with van der Waals surface area (Å²) in [4.78, 5) is 31.4. The maximum absolute atomic E-state index is 12.8. The van der Waals surface area contributed by atoms with Gasteiger partial charge in [0.1, 0.15) is 0 Å². The smallest absolute Gasteiger partial charge is 0.475 e. The van der Waals surface area contributed by atoms with Crippen molar-refractivity contribution in [3.05, 3.63) is 23.4 Å². The number of carbonyl (C=O) groups is 2. The maximum atomic E-state index is 12.8. The van der Waals surface area contributed by atoms with E-state index in [4.69, 9.17) is 14.4 Å². The van der Waals surface area contributed by atoms with Crippen LogP contribution in [0.1, 0.15) is 46.4 Å². The normalized spacial score (nSPS) is 20.1. The average molecular weight is 547 g/mol. The van der Waals surface area contributed by atoms with Gasteiger partial charge in [-0.2, -0.15) is 18.2 Å². The van der Waals surface area contributed by atoms with E-state index in [-0.39, 0.29) is 23.2 Å². The number of hydrogen-bond donors (Lipinski definition) is 3. The second-order valence-corrected chi connectivity index (χ2v) is 11.5. The van der Waals surface area contributed by atoms with E-state index in [1.165, 1.54) is 0 Å². The summed E-state index contributed by atoms with van der Waals surface area (Å²) in [6.07, 6.45) is -3.21. The predicted molar refractivity (Wildman–Crippen MR) is 131 cm³/mol. The van der Waals surface area contributed by atoms with Gasteiger partial charge in [-0.1, -0.05) is 11.2 Å². The number of piperazine rings is 1. The molecule has 0 aliphatic carbocycles. The molecule has 37 heavy (non-hydrogen) atoms. The predicted octanol–water partition coefficient (Wildman–Crippen LogP) is 3.57. The van der Waals surface area contributed by atoms with Crippen molar-refractivity contribution in [3.63, 3.8) is 0 Å². The molecule has 0 radical (unpaired) electrons. The number of carbonyl (C=O) groups excluding carboxylic acids is 1. The zero-order valence-electron chi connectivity index (χ0n) is 21.3. The number of halogens is 3. The Bertz CT molecular complexity index is 1030. The molecule has 0 unspecified atom stereocenters. The van der Waals surface area contributed by atoms with Crippen LogP contribution in [0.4, 0.5) is 18.0 Å². The number of hydrogen-bond acceptors (Lipinski definition) is 8. The number of urea groups is 1. The summed E-state index contributed by atoms with van der Waals surface area (Å²) in [7, 11) is 0. The summed E-state index contributed by atoms with van der Waals surface area (Å²) in [6.45, 7) is 12.4. The van der Waals surface area contributed by atoms with Crippen molar-refractivity contribution in [3.8, 4) is 10.7 Å². The zero-order chi connectivity index (χ0) is 27.4. The molecule has 14 heteroatoms. The van der Waals surface area contributed by atoms with E-state index in [0.717, 1.165) is 30.8 Å². The summed E-state index contributed by atoms with van der Waals surface area (Å²) in [6, 6.07) is 4.20. The Kier molecular flexibility index (Phi) is 8.85. The molecular formula is C23H33F3N6O4S. The van der Waals surface area contributed by atoms with E-state index in [0.29, 0.717) is 31.3 Å². The van der Waals surface area contributed by atoms with Crippen LogP contribution in [0.25, 0.3) is 10.7 Å². The van der Waals surface area contributed by atoms with Gasteiger partial charge in [-0.25, -0.2) is 9.59 Å². The molecule has 2 aromatic heterocycles. The summed E-state index contributed by atoms with van der Waals surface area (Å²) < 4.78 is 37.1. The van der Waals surface area contributed by atoms with E-state index >= 15 is 0 Å². The minimum Gasteiger partial charge on any atom is -0.475 e. The molecule has 2 aliphatic rings. The average Bonchev–Trinajstić information content (AvgIpc) is 3.43. The maximum Gasteiger partial charge on any atom is 0.490 e. The summed E-state index contributed by atoms with van der Waals surface area (Å²) in [5, 5.41) is 20.1. The van der Waals surface area contributed by atoms with Crippen molar-refractivity contribution in [2.24, 2.45) is 0 Å². The Morgan fingerprint density at radius 2 is 1.78 bits per heavy atom. The Labute approximate surface area is 217 Å². The van der Waals surface area contributed by atoms with Crippen molar-refractivity contribution >= 4 is 23.3 Å². The van der Waals surface area contributed by atoms with Gasteiger partial charge in [-0.05, 0) is 52.0 Å². The number of aromatic nitrogens is 2. The molecule has 4 heterocycles. The van der Waals surface area contributed by atoms with Crippen LogP contribution in [-0.2, 0) is 11.3 Å². The highest BCUT2D eigenvalue weighted by molar-refractivity contribution is 7.13. The quantitative estimate of drug-likeness (QED) is 0.532. The van der Waals surface area contributed by atoms with E-state index in [9.17, 15) is 18.0 Å². The highest BCUT2D eigenvalue weighted by atomic mass is 32.1. The van der Waals surface area contributed by atoms with Crippen LogP contribution in [0.2, 0.25) is 0 Å². The van der Waals surface area contributed by atoms with Gasteiger partial charge in [0.2, 0.25) is 11.7 Å². The molecule has 2 aliphatic heterocycles. The molecule has 2 fully saturated rings. The van der Waals surface area contributed by atoms with Crippen LogP contribution in [0.3, 0.4) is 0 Å². The van der Waals surface area contributed by atoms with Crippen LogP contribution in [0.5, 0.6) is 0 Å². The monoisotopic (exact) mass is 546 g/mol. The SMILES string of the molecule is CC1(C)CC(NC(=O)N2CCN(Cc3nc(-c4cccs4)no3)CC2)CC(C)(C)N1.O=C(O)C(F)(F)F. The van der Waals surface area contributed by atoms with Crippen molar-refractivity contribution in [2.75, 3.05) is 26.2 Å². The molecule has 4 rings (SSSR count). The number of aliphatic carboxylic acids is 1. The Morgan fingerprint density at radius 3 is 2.30 bits per heavy atom. The molecule has 3 N–H and O–H groups in total. The second kappa shape index (κ2) is 11.4. The van der Waals surface area contributed by atoms with E-state index in [2.05, 4.69) is 53.4 Å². The number of nitrogens with zero attached hydrogens (tertiary/aromatic N) is 4. The molecule has 0 saturated carbocycles. The standard InChI is InChI=1S/C21H32N6O2S.C2HF3O2/c1-20(2)12-15(13-21(3,4)25-20)22-19(28)27-9-7-26(8-10-27)14-17-23-18(24-29-17)16-6-5-11-30-16;3-2(4,5)1(6)7/h5-6,11,15,25H,7-10,12-14H2,1-4H3,(H,22,28);(H,6,7). The molecule has 2 saturated heterocycles. The van der Waals surface area contributed by atoms with Gasteiger partial charge in [0.05, 0.1) is 11.4 Å². The minimum atomic E-state index is -5.08. The van der Waals surface area contributed by atoms with Gasteiger partial charge in [-0.15, -0.1) is 11.3 Å². The summed E-state index contributed by atoms with van der Waals surface area (Å²) >= 11 is 1.60. The largest absolute Gasteiger partial charge is 0.490 e. The van der Waals surface area contributed by atoms with E-state index in [1.807, 2.05) is 22.4 Å². The van der Waals surface area contributed by atoms with Crippen LogP contribution in [0.15, 0.2) is 22.0 Å². The van der Waals surface area contributed by atoms with Crippen molar-refractivity contribution in [1.29, 1.82) is 0 Å². The number of amides is 2. The fraction of sp³-hybridized carbons (Fsp3) is 0.652. The third-order valence-electron chi connectivity index (χ3n) is 5.99. The van der Waals surface area contributed by atoms with Gasteiger partial charge in [-0.3, -0.25) is 4.90 Å². The molecule has 2 aromatic rings. The molecule has 2 amide bonds. The number of carboxylic acid groups (broad SMARTS) is 1. The number of nitrogens with one attached hydrogen (secondary N) is 2. The minimum absolute atomic E-state index is 0.0183. The first-order valence-electron chi connectivity index (χ1n) is 11.9. The molecule has 0 atom stereocenters. The highest BCUT2D eigenvalue weighted by Gasteiger charge is 2.39. The van der Waals surface area contributed by atoms with Gasteiger partial charge in [0.15, 0.2) is 0 Å². The lowest BCUT2D eigenvalue weighted by atomic mass is 9.80. The fourth-order valence-electron chi connectivity index (χ4n) is 4.82. The lowest BCUT2D eigenvalue weighted by molar-refractivity contribution is -0.192. The fourth-order valence-corrected chi connectivity index (χ4v) is 5.46. The van der Waals surface area contributed by atoms with Gasteiger partial charge < -0.3 is 25.2 Å². The van der Waals surface area contributed by atoms with Crippen LogP contribution >= 0.6 is 11.3 Å². The number of rotatable bonds is 4. The first-order chi connectivity index (χ1) is 17.1. The number of alkyl halides is 3. The highest BCUT2D eigenvalue weighted by Crippen LogP contribution is 2.28. The van der Waals surface area contributed by atoms with Crippen LogP contribution in [-0.4, -0.2) is 86.5 Å². The molecule has 0 spiro atoms. The molecule has 0 bridgehead atoms. The van der Waals surface area contributed by atoms with Gasteiger partial charge >= 0.3 is 18.2 Å². The molecular weight excluding hydrogens is 513 g/mol. The number of piperidine rings is 1. The van der Waals surface area contributed by atoms with Crippen molar-refractivity contribution < 1.29 is 32.4 Å². The second-order valence-electron chi connectivity index (χ2n) is 10.5. The lowest BCUT2D eigenvalue weighted by Crippen LogP contribution is -2.63. The Balaban J connectivity index is 0.000000479. The Morgan fingerprint density at radius 1 is 1.19 bits per heavy atom. The molecule has 0 aromatic carbocycles. The van der Waals surface area contributed by atoms with E-state index < -0.39 is 12.1 Å². The van der Waals surface area contributed by atoms with E-state index in [1.54, 1.807) is 11.3 Å². The first kappa shape index (κ1) is 28.9. The lowest BCUT2D eigenvalue weighted by Gasteiger charge is -2.47. The molecule has 10 nitrogen and oxygen atoms in total. The topological polar surface area (TPSA) is 124 Å². The Hall–Kier alpha value is -2.71. The van der Waals surface area contributed by atoms with Crippen LogP contribution in [0, 0.1) is 0 Å². The first-order valence-corrected chi connectivity index (χ1v) is 12.8.